The van der Waals surface area contributed by atoms with Crippen LogP contribution in [-0.2, 0) is 0 Å². The number of hydrogen-bond acceptors (Lipinski definition) is 2. The maximum atomic E-state index is 13.8. The Hall–Kier alpha value is -2.56. The third-order valence-electron chi connectivity index (χ3n) is 2.95. The molecule has 0 spiro atoms. The van der Waals surface area contributed by atoms with Crippen LogP contribution in [0.2, 0.25) is 0 Å². The van der Waals surface area contributed by atoms with Gasteiger partial charge in [-0.1, -0.05) is 0 Å². The Morgan fingerprint density at radius 1 is 1.00 bits per heavy atom. The molecule has 0 aliphatic carbocycles. The number of benzene rings is 1. The van der Waals surface area contributed by atoms with E-state index in [0.717, 1.165) is 17.3 Å². The number of aromatic amines is 1. The molecule has 0 unspecified atom stereocenters. The van der Waals surface area contributed by atoms with Gasteiger partial charge in [0.25, 0.3) is 0 Å². The van der Waals surface area contributed by atoms with Gasteiger partial charge in [-0.3, -0.25) is 5.10 Å². The average Bonchev–Trinajstić information content (AvgIpc) is 2.91. The van der Waals surface area contributed by atoms with Crippen molar-refractivity contribution in [1.82, 2.24) is 15.2 Å². The number of aromatic nitrogens is 3. The highest BCUT2D eigenvalue weighted by Gasteiger charge is 2.10. The summed E-state index contributed by atoms with van der Waals surface area (Å²) in [4.78, 5) is 4.40. The number of nitrogens with zero attached hydrogens (tertiary/aromatic N) is 2. The van der Waals surface area contributed by atoms with Gasteiger partial charge in [0.2, 0.25) is 0 Å². The van der Waals surface area contributed by atoms with E-state index in [0.29, 0.717) is 11.4 Å². The molecule has 0 saturated carbocycles. The number of halogens is 2. The lowest BCUT2D eigenvalue weighted by Gasteiger charge is -2.07. The highest BCUT2D eigenvalue weighted by atomic mass is 19.1. The number of nitrogens with one attached hydrogen (secondary N) is 1. The second-order valence-electron chi connectivity index (χ2n) is 4.51. The summed E-state index contributed by atoms with van der Waals surface area (Å²) in [5, 5.41) is 6.69. The fourth-order valence-corrected chi connectivity index (χ4v) is 2.04. The zero-order chi connectivity index (χ0) is 14.1. The zero-order valence-electron chi connectivity index (χ0n) is 10.7. The number of rotatable bonds is 2. The first-order chi connectivity index (χ1) is 9.63. The first kappa shape index (κ1) is 12.5. The number of pyridine rings is 1. The van der Waals surface area contributed by atoms with Crippen molar-refractivity contribution in [3.63, 3.8) is 0 Å². The highest BCUT2D eigenvalue weighted by molar-refractivity contribution is 5.65. The molecule has 1 aromatic carbocycles. The summed E-state index contributed by atoms with van der Waals surface area (Å²) < 4.78 is 26.8. The van der Waals surface area contributed by atoms with Gasteiger partial charge < -0.3 is 0 Å². The lowest BCUT2D eigenvalue weighted by molar-refractivity contribution is 0.585. The van der Waals surface area contributed by atoms with Gasteiger partial charge >= 0.3 is 0 Å². The second-order valence-corrected chi connectivity index (χ2v) is 4.51. The molecular weight excluding hydrogens is 260 g/mol. The van der Waals surface area contributed by atoms with E-state index in [9.17, 15) is 8.78 Å². The Labute approximate surface area is 114 Å². The van der Waals surface area contributed by atoms with Crippen LogP contribution in [0.5, 0.6) is 0 Å². The smallest absolute Gasteiger partial charge is 0.135 e. The molecule has 0 aliphatic rings. The lowest BCUT2D eigenvalue weighted by Crippen LogP contribution is -1.93. The molecule has 0 amide bonds. The number of hydrogen-bond donors (Lipinski definition) is 1. The topological polar surface area (TPSA) is 41.6 Å². The van der Waals surface area contributed by atoms with Crippen molar-refractivity contribution in [3.05, 3.63) is 59.8 Å². The SMILES string of the molecule is Cc1cc(-c2ccn[nH]2)nc(-c2ccc(F)cc2F)c1. The molecular formula is C15H11F2N3. The van der Waals surface area contributed by atoms with Crippen LogP contribution < -0.4 is 0 Å². The van der Waals surface area contributed by atoms with E-state index in [2.05, 4.69) is 15.2 Å². The van der Waals surface area contributed by atoms with Crippen LogP contribution in [0.4, 0.5) is 8.78 Å². The van der Waals surface area contributed by atoms with Crippen LogP contribution in [0, 0.1) is 18.6 Å². The summed E-state index contributed by atoms with van der Waals surface area (Å²) in [6, 6.07) is 8.89. The van der Waals surface area contributed by atoms with Gasteiger partial charge in [-0.05, 0) is 42.8 Å². The van der Waals surface area contributed by atoms with E-state index in [4.69, 9.17) is 0 Å². The molecule has 0 bridgehead atoms. The Kier molecular flexibility index (Phi) is 3.02. The molecule has 0 radical (unpaired) electrons. The van der Waals surface area contributed by atoms with Gasteiger partial charge in [-0.25, -0.2) is 13.8 Å². The molecule has 3 nitrogen and oxygen atoms in total. The van der Waals surface area contributed by atoms with Crippen molar-refractivity contribution >= 4 is 0 Å². The summed E-state index contributed by atoms with van der Waals surface area (Å²) >= 11 is 0. The minimum Gasteiger partial charge on any atom is -0.276 e. The predicted molar refractivity (Wildman–Crippen MR) is 71.9 cm³/mol. The predicted octanol–water partition coefficient (Wildman–Crippen LogP) is 3.73. The van der Waals surface area contributed by atoms with E-state index in [1.165, 1.54) is 12.1 Å². The van der Waals surface area contributed by atoms with E-state index in [-0.39, 0.29) is 5.56 Å². The van der Waals surface area contributed by atoms with Crippen molar-refractivity contribution in [2.75, 3.05) is 0 Å². The monoisotopic (exact) mass is 271 g/mol. The van der Waals surface area contributed by atoms with Crippen molar-refractivity contribution in [1.29, 1.82) is 0 Å². The summed E-state index contributed by atoms with van der Waals surface area (Å²) in [5.74, 6) is -1.23. The third-order valence-corrected chi connectivity index (χ3v) is 2.95. The quantitative estimate of drug-likeness (QED) is 0.771. The van der Waals surface area contributed by atoms with Crippen LogP contribution in [-0.4, -0.2) is 15.2 Å². The van der Waals surface area contributed by atoms with Crippen molar-refractivity contribution < 1.29 is 8.78 Å². The molecule has 0 fully saturated rings. The van der Waals surface area contributed by atoms with Gasteiger partial charge in [0.05, 0.1) is 17.1 Å². The highest BCUT2D eigenvalue weighted by Crippen LogP contribution is 2.25. The van der Waals surface area contributed by atoms with Gasteiger partial charge in [0, 0.05) is 17.8 Å². The molecule has 20 heavy (non-hydrogen) atoms. The van der Waals surface area contributed by atoms with Crippen molar-refractivity contribution in [3.8, 4) is 22.6 Å². The third kappa shape index (κ3) is 2.30. The van der Waals surface area contributed by atoms with Crippen LogP contribution in [0.3, 0.4) is 0 Å². The summed E-state index contributed by atoms with van der Waals surface area (Å²) in [7, 11) is 0. The molecule has 0 saturated heterocycles. The molecule has 100 valence electrons. The Balaban J connectivity index is 2.14. The molecule has 0 atom stereocenters. The maximum absolute atomic E-state index is 13.8. The van der Waals surface area contributed by atoms with E-state index >= 15 is 0 Å². The Morgan fingerprint density at radius 3 is 2.50 bits per heavy atom. The maximum Gasteiger partial charge on any atom is 0.135 e. The van der Waals surface area contributed by atoms with Crippen molar-refractivity contribution in [2.45, 2.75) is 6.92 Å². The first-order valence-electron chi connectivity index (χ1n) is 6.07. The fraction of sp³-hybridized carbons (Fsp3) is 0.0667. The molecule has 0 aliphatic heterocycles. The minimum absolute atomic E-state index is 0.274. The average molecular weight is 271 g/mol. The van der Waals surface area contributed by atoms with Crippen LogP contribution in [0.1, 0.15) is 5.56 Å². The van der Waals surface area contributed by atoms with E-state index < -0.39 is 11.6 Å². The Morgan fingerprint density at radius 2 is 1.80 bits per heavy atom. The van der Waals surface area contributed by atoms with Gasteiger partial charge in [0.1, 0.15) is 11.6 Å². The molecule has 3 rings (SSSR count). The van der Waals surface area contributed by atoms with Gasteiger partial charge in [-0.2, -0.15) is 5.10 Å². The summed E-state index contributed by atoms with van der Waals surface area (Å²) in [6.07, 6.45) is 1.62. The molecule has 5 heteroatoms. The molecule has 3 aromatic rings. The standard InChI is InChI=1S/C15H11F2N3/c1-9-6-14(11-3-2-10(16)8-12(11)17)19-15(7-9)13-4-5-18-20-13/h2-8H,1H3,(H,18,20). The fourth-order valence-electron chi connectivity index (χ4n) is 2.04. The second kappa shape index (κ2) is 4.85. The number of H-pyrrole nitrogens is 1. The lowest BCUT2D eigenvalue weighted by atomic mass is 10.1. The van der Waals surface area contributed by atoms with Crippen LogP contribution in [0.25, 0.3) is 22.6 Å². The van der Waals surface area contributed by atoms with Crippen LogP contribution >= 0.6 is 0 Å². The van der Waals surface area contributed by atoms with Crippen LogP contribution in [0.15, 0.2) is 42.6 Å². The minimum atomic E-state index is -0.626. The molecule has 2 aromatic heterocycles. The molecule has 1 N–H and O–H groups in total. The van der Waals surface area contributed by atoms with E-state index in [1.54, 1.807) is 18.3 Å². The zero-order valence-corrected chi connectivity index (χ0v) is 10.7. The van der Waals surface area contributed by atoms with Gasteiger partial charge in [-0.15, -0.1) is 0 Å². The largest absolute Gasteiger partial charge is 0.276 e. The molecule has 2 heterocycles. The van der Waals surface area contributed by atoms with Crippen molar-refractivity contribution in [2.24, 2.45) is 0 Å². The van der Waals surface area contributed by atoms with Gasteiger partial charge in [0.15, 0.2) is 0 Å². The Bertz CT molecular complexity index is 752. The summed E-state index contributed by atoms with van der Waals surface area (Å²) in [5.41, 5.74) is 3.09. The number of aryl methyl sites for hydroxylation is 1. The van der Waals surface area contributed by atoms with E-state index in [1.807, 2.05) is 13.0 Å². The first-order valence-corrected chi connectivity index (χ1v) is 6.07. The normalized spacial score (nSPS) is 10.8. The summed E-state index contributed by atoms with van der Waals surface area (Å²) in [6.45, 7) is 1.90.